The lowest BCUT2D eigenvalue weighted by Gasteiger charge is -2.10. The zero-order valence-electron chi connectivity index (χ0n) is 10.5. The van der Waals surface area contributed by atoms with E-state index in [2.05, 4.69) is 26.4 Å². The molecule has 0 bridgehead atoms. The maximum Gasteiger partial charge on any atom is 0.173 e. The van der Waals surface area contributed by atoms with E-state index in [1.807, 2.05) is 24.3 Å². The van der Waals surface area contributed by atoms with Crippen LogP contribution in [0.4, 0.5) is 10.1 Å². The highest BCUT2D eigenvalue weighted by atomic mass is 79.9. The van der Waals surface area contributed by atoms with Crippen molar-refractivity contribution in [1.82, 2.24) is 0 Å². The Morgan fingerprint density at radius 2 is 1.95 bits per heavy atom. The van der Waals surface area contributed by atoms with E-state index in [-0.39, 0.29) is 11.4 Å². The summed E-state index contributed by atoms with van der Waals surface area (Å²) in [4.78, 5) is 0. The SMILES string of the molecule is N/C(=N/O)c1cccc(CNc2ccc(Br)cc2)c1F. The minimum atomic E-state index is -0.493. The van der Waals surface area contributed by atoms with E-state index < -0.39 is 5.82 Å². The summed E-state index contributed by atoms with van der Waals surface area (Å²) >= 11 is 3.35. The second-order valence-corrected chi connectivity index (χ2v) is 5.04. The zero-order valence-corrected chi connectivity index (χ0v) is 12.1. The van der Waals surface area contributed by atoms with Gasteiger partial charge in [-0.25, -0.2) is 4.39 Å². The summed E-state index contributed by atoms with van der Waals surface area (Å²) in [6, 6.07) is 12.3. The molecule has 0 amide bonds. The van der Waals surface area contributed by atoms with Crippen molar-refractivity contribution in [3.8, 4) is 0 Å². The van der Waals surface area contributed by atoms with Gasteiger partial charge in [-0.05, 0) is 30.3 Å². The van der Waals surface area contributed by atoms with E-state index >= 15 is 0 Å². The second kappa shape index (κ2) is 6.38. The number of halogens is 2. The average molecular weight is 338 g/mol. The van der Waals surface area contributed by atoms with Crippen LogP contribution in [0.25, 0.3) is 0 Å². The van der Waals surface area contributed by atoms with E-state index in [0.29, 0.717) is 12.1 Å². The number of oxime groups is 1. The smallest absolute Gasteiger partial charge is 0.173 e. The van der Waals surface area contributed by atoms with Gasteiger partial charge in [-0.15, -0.1) is 0 Å². The number of benzene rings is 2. The van der Waals surface area contributed by atoms with Crippen molar-refractivity contribution in [2.45, 2.75) is 6.54 Å². The van der Waals surface area contributed by atoms with Crippen LogP contribution in [-0.2, 0) is 6.54 Å². The summed E-state index contributed by atoms with van der Waals surface area (Å²) in [5.74, 6) is -0.736. The molecule has 0 saturated carbocycles. The van der Waals surface area contributed by atoms with Crippen LogP contribution in [-0.4, -0.2) is 11.0 Å². The normalized spacial score (nSPS) is 11.4. The predicted octanol–water partition coefficient (Wildman–Crippen LogP) is 3.29. The van der Waals surface area contributed by atoms with Crippen molar-refractivity contribution >= 4 is 27.5 Å². The van der Waals surface area contributed by atoms with E-state index in [0.717, 1.165) is 10.2 Å². The third-order valence-corrected chi connectivity index (χ3v) is 3.32. The summed E-state index contributed by atoms with van der Waals surface area (Å²) in [6.07, 6.45) is 0. The first-order chi connectivity index (χ1) is 9.61. The minimum absolute atomic E-state index is 0.0857. The Bertz CT molecular complexity index is 629. The van der Waals surface area contributed by atoms with Gasteiger partial charge in [0.1, 0.15) is 5.82 Å². The summed E-state index contributed by atoms with van der Waals surface area (Å²) < 4.78 is 15.1. The summed E-state index contributed by atoms with van der Waals surface area (Å²) in [6.45, 7) is 0.306. The molecule has 0 aliphatic heterocycles. The van der Waals surface area contributed by atoms with Crippen molar-refractivity contribution in [2.24, 2.45) is 10.9 Å². The highest BCUT2D eigenvalue weighted by Crippen LogP contribution is 2.17. The van der Waals surface area contributed by atoms with Crippen molar-refractivity contribution in [3.05, 3.63) is 63.9 Å². The first-order valence-electron chi connectivity index (χ1n) is 5.86. The molecule has 0 atom stereocenters. The molecule has 2 aromatic carbocycles. The second-order valence-electron chi connectivity index (χ2n) is 4.12. The summed E-state index contributed by atoms with van der Waals surface area (Å²) in [5.41, 5.74) is 6.83. The van der Waals surface area contributed by atoms with Crippen molar-refractivity contribution < 1.29 is 9.60 Å². The molecule has 0 aliphatic rings. The molecule has 4 N–H and O–H groups in total. The number of anilines is 1. The Morgan fingerprint density at radius 1 is 1.25 bits per heavy atom. The molecule has 0 saturated heterocycles. The lowest BCUT2D eigenvalue weighted by molar-refractivity contribution is 0.318. The van der Waals surface area contributed by atoms with Gasteiger partial charge in [0.15, 0.2) is 5.84 Å². The van der Waals surface area contributed by atoms with Gasteiger partial charge in [0.25, 0.3) is 0 Å². The van der Waals surface area contributed by atoms with Gasteiger partial charge >= 0.3 is 0 Å². The van der Waals surface area contributed by atoms with Gasteiger partial charge in [-0.2, -0.15) is 0 Å². The van der Waals surface area contributed by atoms with E-state index in [4.69, 9.17) is 10.9 Å². The largest absolute Gasteiger partial charge is 0.409 e. The Morgan fingerprint density at radius 3 is 2.60 bits per heavy atom. The standard InChI is InChI=1S/C14H13BrFN3O/c15-10-4-6-11(7-5-10)18-8-9-2-1-3-12(13(9)16)14(17)19-20/h1-7,18,20H,8H2,(H2,17,19). The van der Waals surface area contributed by atoms with Crippen LogP contribution in [0.1, 0.15) is 11.1 Å². The molecule has 2 aromatic rings. The Labute approximate surface area is 124 Å². The molecule has 0 aliphatic carbocycles. The minimum Gasteiger partial charge on any atom is -0.409 e. The molecular formula is C14H13BrFN3O. The lowest BCUT2D eigenvalue weighted by atomic mass is 10.1. The fraction of sp³-hybridized carbons (Fsp3) is 0.0714. The number of rotatable bonds is 4. The Hall–Kier alpha value is -2.08. The zero-order chi connectivity index (χ0) is 14.5. The maximum absolute atomic E-state index is 14.2. The van der Waals surface area contributed by atoms with E-state index in [1.54, 1.807) is 12.1 Å². The van der Waals surface area contributed by atoms with E-state index in [1.165, 1.54) is 6.07 Å². The van der Waals surface area contributed by atoms with Gasteiger partial charge < -0.3 is 16.3 Å². The van der Waals surface area contributed by atoms with E-state index in [9.17, 15) is 4.39 Å². The summed E-state index contributed by atoms with van der Waals surface area (Å²) in [7, 11) is 0. The highest BCUT2D eigenvalue weighted by Gasteiger charge is 2.11. The molecule has 0 radical (unpaired) electrons. The lowest BCUT2D eigenvalue weighted by Crippen LogP contribution is -2.16. The fourth-order valence-electron chi connectivity index (χ4n) is 1.73. The number of nitrogens with one attached hydrogen (secondary N) is 1. The molecule has 2 rings (SSSR count). The van der Waals surface area contributed by atoms with Crippen LogP contribution in [0.3, 0.4) is 0 Å². The molecule has 0 unspecified atom stereocenters. The first kappa shape index (κ1) is 14.3. The number of nitrogens with zero attached hydrogens (tertiary/aromatic N) is 1. The molecular weight excluding hydrogens is 325 g/mol. The quantitative estimate of drug-likeness (QED) is 0.347. The third-order valence-electron chi connectivity index (χ3n) is 2.79. The predicted molar refractivity (Wildman–Crippen MR) is 80.4 cm³/mol. The molecule has 4 nitrogen and oxygen atoms in total. The Kier molecular flexibility index (Phi) is 4.57. The molecule has 104 valence electrons. The van der Waals surface area contributed by atoms with Gasteiger partial charge in [0, 0.05) is 22.3 Å². The van der Waals surface area contributed by atoms with Crippen LogP contribution in [0.15, 0.2) is 52.1 Å². The molecule has 6 heteroatoms. The van der Waals surface area contributed by atoms with Crippen molar-refractivity contribution in [2.75, 3.05) is 5.32 Å². The van der Waals surface area contributed by atoms with Crippen LogP contribution in [0.5, 0.6) is 0 Å². The van der Waals surface area contributed by atoms with Gasteiger partial charge in [0.05, 0.1) is 5.56 Å². The number of hydrogen-bond acceptors (Lipinski definition) is 3. The molecule has 0 fully saturated rings. The monoisotopic (exact) mass is 337 g/mol. The number of hydrogen-bond donors (Lipinski definition) is 3. The number of amidine groups is 1. The van der Waals surface area contributed by atoms with Crippen LogP contribution in [0.2, 0.25) is 0 Å². The molecule has 0 spiro atoms. The van der Waals surface area contributed by atoms with Crippen LogP contribution < -0.4 is 11.1 Å². The first-order valence-corrected chi connectivity index (χ1v) is 6.66. The van der Waals surface area contributed by atoms with Crippen molar-refractivity contribution in [1.29, 1.82) is 0 Å². The van der Waals surface area contributed by atoms with Gasteiger partial charge in [0.2, 0.25) is 0 Å². The fourth-order valence-corrected chi connectivity index (χ4v) is 2.00. The van der Waals surface area contributed by atoms with Crippen LogP contribution in [0, 0.1) is 5.82 Å². The topological polar surface area (TPSA) is 70.6 Å². The number of nitrogens with two attached hydrogens (primary N) is 1. The van der Waals surface area contributed by atoms with Gasteiger partial charge in [-0.3, -0.25) is 0 Å². The average Bonchev–Trinajstić information content (AvgIpc) is 2.47. The maximum atomic E-state index is 14.2. The van der Waals surface area contributed by atoms with Crippen LogP contribution >= 0.6 is 15.9 Å². The highest BCUT2D eigenvalue weighted by molar-refractivity contribution is 9.10. The van der Waals surface area contributed by atoms with Crippen molar-refractivity contribution in [3.63, 3.8) is 0 Å². The molecule has 0 aromatic heterocycles. The Balaban J connectivity index is 2.16. The molecule has 20 heavy (non-hydrogen) atoms. The third kappa shape index (κ3) is 3.27. The summed E-state index contributed by atoms with van der Waals surface area (Å²) in [5, 5.41) is 14.5. The van der Waals surface area contributed by atoms with Gasteiger partial charge in [-0.1, -0.05) is 33.2 Å². The molecule has 0 heterocycles.